The van der Waals surface area contributed by atoms with Crippen molar-refractivity contribution in [3.8, 4) is 0 Å². The van der Waals surface area contributed by atoms with Crippen molar-refractivity contribution in [3.63, 3.8) is 0 Å². The summed E-state index contributed by atoms with van der Waals surface area (Å²) in [7, 11) is 0. The van der Waals surface area contributed by atoms with E-state index < -0.39 is 11.2 Å². The number of hydrogen-bond acceptors (Lipinski definition) is 7. The number of nitro benzene ring substituents is 1. The monoisotopic (exact) mass is 503 g/mol. The van der Waals surface area contributed by atoms with E-state index in [0.717, 1.165) is 22.4 Å². The van der Waals surface area contributed by atoms with E-state index in [1.54, 1.807) is 12.1 Å². The average molecular weight is 504 g/mol. The molecule has 3 aromatic rings. The molecular formula is C28H29N3O6. The van der Waals surface area contributed by atoms with Crippen LogP contribution in [-0.2, 0) is 27.5 Å². The van der Waals surface area contributed by atoms with E-state index in [-0.39, 0.29) is 29.9 Å². The van der Waals surface area contributed by atoms with Crippen molar-refractivity contribution in [1.29, 1.82) is 0 Å². The molecule has 2 atom stereocenters. The number of allylic oxidation sites excluding steroid dienone is 1. The van der Waals surface area contributed by atoms with Crippen LogP contribution in [0.5, 0.6) is 0 Å². The van der Waals surface area contributed by atoms with Gasteiger partial charge in [0.25, 0.3) is 11.6 Å². The van der Waals surface area contributed by atoms with Gasteiger partial charge in [-0.15, -0.1) is 0 Å². The molecule has 4 rings (SSSR count). The second kappa shape index (κ2) is 12.7. The molecule has 9 nitrogen and oxygen atoms in total. The summed E-state index contributed by atoms with van der Waals surface area (Å²) >= 11 is 0. The molecule has 192 valence electrons. The molecule has 0 spiro atoms. The smallest absolute Gasteiger partial charge is 0.286 e. The summed E-state index contributed by atoms with van der Waals surface area (Å²) in [5, 5.41) is 26.0. The minimum absolute atomic E-state index is 0.0156. The summed E-state index contributed by atoms with van der Waals surface area (Å²) in [5.74, 6) is -0.182. The number of nitrogens with zero attached hydrogens (tertiary/aromatic N) is 1. The zero-order valence-electron chi connectivity index (χ0n) is 20.2. The van der Waals surface area contributed by atoms with Crippen LogP contribution in [0.25, 0.3) is 0 Å². The third-order valence-electron chi connectivity index (χ3n) is 5.97. The topological polar surface area (TPSA) is 123 Å². The number of non-ortho nitro benzene ring substituents is 1. The molecule has 1 heterocycles. The standard InChI is InChI=1S/C28H29N3O6/c32-18-20-6-8-21(9-7-20)19-36-27-17-23(22-4-2-1-3-5-22)16-26(37-27)28(33)30-15-14-29-24-10-12-25(13-11-24)31(34)35/h1-13,16,23,27,29,32H,14-15,17-19H2,(H,30,33)/t23-,27+/m1/s1. The first-order valence-electron chi connectivity index (χ1n) is 12.0. The summed E-state index contributed by atoms with van der Waals surface area (Å²) in [6, 6.07) is 23.5. The van der Waals surface area contributed by atoms with Crippen molar-refractivity contribution in [3.05, 3.63) is 118 Å². The summed E-state index contributed by atoms with van der Waals surface area (Å²) in [5.41, 5.74) is 3.57. The highest BCUT2D eigenvalue weighted by Gasteiger charge is 2.28. The molecule has 0 bridgehead atoms. The molecule has 1 aliphatic rings. The van der Waals surface area contributed by atoms with Crippen molar-refractivity contribution >= 4 is 17.3 Å². The largest absolute Gasteiger partial charge is 0.459 e. The van der Waals surface area contributed by atoms with Gasteiger partial charge in [-0.3, -0.25) is 14.9 Å². The lowest BCUT2D eigenvalue weighted by atomic mass is 9.93. The van der Waals surface area contributed by atoms with E-state index in [9.17, 15) is 20.0 Å². The first-order chi connectivity index (χ1) is 18.0. The van der Waals surface area contributed by atoms with Gasteiger partial charge >= 0.3 is 0 Å². The molecule has 0 unspecified atom stereocenters. The van der Waals surface area contributed by atoms with Gasteiger partial charge in [-0.2, -0.15) is 0 Å². The maximum absolute atomic E-state index is 12.9. The molecule has 0 aromatic heterocycles. The van der Waals surface area contributed by atoms with Gasteiger partial charge in [-0.05, 0) is 34.9 Å². The molecule has 0 radical (unpaired) electrons. The molecule has 1 amide bonds. The number of nitrogens with one attached hydrogen (secondary N) is 2. The third-order valence-corrected chi connectivity index (χ3v) is 5.97. The predicted molar refractivity (Wildman–Crippen MR) is 139 cm³/mol. The Labute approximate surface area is 214 Å². The van der Waals surface area contributed by atoms with Crippen LogP contribution in [0.15, 0.2) is 90.7 Å². The van der Waals surface area contributed by atoms with Crippen LogP contribution in [0.4, 0.5) is 11.4 Å². The van der Waals surface area contributed by atoms with Crippen LogP contribution in [-0.4, -0.2) is 35.3 Å². The van der Waals surface area contributed by atoms with Gasteiger partial charge in [-0.25, -0.2) is 0 Å². The Hall–Kier alpha value is -4.21. The maximum Gasteiger partial charge on any atom is 0.286 e. The van der Waals surface area contributed by atoms with Gasteiger partial charge in [0, 0.05) is 43.2 Å². The average Bonchev–Trinajstić information content (AvgIpc) is 2.95. The highest BCUT2D eigenvalue weighted by Crippen LogP contribution is 2.31. The molecule has 0 saturated carbocycles. The van der Waals surface area contributed by atoms with E-state index >= 15 is 0 Å². The minimum Gasteiger partial charge on any atom is -0.459 e. The predicted octanol–water partition coefficient (Wildman–Crippen LogP) is 4.25. The number of rotatable bonds is 11. The van der Waals surface area contributed by atoms with Crippen LogP contribution >= 0.6 is 0 Å². The Kier molecular flexibility index (Phi) is 8.85. The Morgan fingerprint density at radius 3 is 2.38 bits per heavy atom. The number of carbonyl (C=O) groups is 1. The highest BCUT2D eigenvalue weighted by atomic mass is 16.7. The maximum atomic E-state index is 12.9. The van der Waals surface area contributed by atoms with Crippen LogP contribution in [0, 0.1) is 10.1 Å². The van der Waals surface area contributed by atoms with Crippen molar-refractivity contribution in [2.75, 3.05) is 18.4 Å². The van der Waals surface area contributed by atoms with Crippen molar-refractivity contribution in [1.82, 2.24) is 5.32 Å². The fourth-order valence-corrected chi connectivity index (χ4v) is 3.95. The van der Waals surface area contributed by atoms with Crippen molar-refractivity contribution in [2.24, 2.45) is 0 Å². The van der Waals surface area contributed by atoms with Gasteiger partial charge < -0.3 is 25.2 Å². The normalized spacial score (nSPS) is 16.8. The minimum atomic E-state index is -0.605. The number of benzene rings is 3. The lowest BCUT2D eigenvalue weighted by Gasteiger charge is -2.29. The van der Waals surface area contributed by atoms with Gasteiger partial charge in [0.05, 0.1) is 18.1 Å². The zero-order valence-corrected chi connectivity index (χ0v) is 20.2. The van der Waals surface area contributed by atoms with Crippen LogP contribution in [0.1, 0.15) is 29.0 Å². The van der Waals surface area contributed by atoms with Crippen LogP contribution < -0.4 is 10.6 Å². The SMILES string of the molecule is O=C(NCCNc1ccc([N+](=O)[O-])cc1)C1=C[C@@H](c2ccccc2)C[C@@H](OCc2ccc(CO)cc2)O1. The van der Waals surface area contributed by atoms with E-state index in [2.05, 4.69) is 10.6 Å². The Bertz CT molecular complexity index is 1210. The second-order valence-electron chi connectivity index (χ2n) is 8.60. The zero-order chi connectivity index (χ0) is 26.0. The van der Waals surface area contributed by atoms with Gasteiger partial charge in [0.15, 0.2) is 5.76 Å². The number of aliphatic hydroxyl groups excluding tert-OH is 1. The number of nitro groups is 1. The molecular weight excluding hydrogens is 474 g/mol. The fourth-order valence-electron chi connectivity index (χ4n) is 3.95. The molecule has 0 aliphatic carbocycles. The number of anilines is 1. The second-order valence-corrected chi connectivity index (χ2v) is 8.60. The summed E-state index contributed by atoms with van der Waals surface area (Å²) in [6.45, 7) is 1.06. The lowest BCUT2D eigenvalue weighted by Crippen LogP contribution is -2.35. The molecule has 9 heteroatoms. The third kappa shape index (κ3) is 7.39. The fraction of sp³-hybridized carbons (Fsp3) is 0.250. The molecule has 37 heavy (non-hydrogen) atoms. The summed E-state index contributed by atoms with van der Waals surface area (Å²) in [4.78, 5) is 23.2. The van der Waals surface area contributed by atoms with Crippen molar-refractivity contribution in [2.45, 2.75) is 31.8 Å². The summed E-state index contributed by atoms with van der Waals surface area (Å²) in [6.07, 6.45) is 1.79. The van der Waals surface area contributed by atoms with Gasteiger partial charge in [0.1, 0.15) is 0 Å². The Morgan fingerprint density at radius 2 is 1.70 bits per heavy atom. The molecule has 0 saturated heterocycles. The molecule has 3 aromatic carbocycles. The number of ether oxygens (including phenoxy) is 2. The number of aliphatic hydroxyl groups is 1. The Balaban J connectivity index is 1.34. The van der Waals surface area contributed by atoms with Crippen LogP contribution in [0.2, 0.25) is 0 Å². The number of carbonyl (C=O) groups excluding carboxylic acids is 1. The van der Waals surface area contributed by atoms with E-state index in [4.69, 9.17) is 9.47 Å². The van der Waals surface area contributed by atoms with Gasteiger partial charge in [-0.1, -0.05) is 54.6 Å². The van der Waals surface area contributed by atoms with E-state index in [1.165, 1.54) is 12.1 Å². The quantitative estimate of drug-likeness (QED) is 0.203. The van der Waals surface area contributed by atoms with E-state index in [0.29, 0.717) is 26.1 Å². The Morgan fingerprint density at radius 1 is 1.00 bits per heavy atom. The summed E-state index contributed by atoms with van der Waals surface area (Å²) < 4.78 is 11.9. The molecule has 1 aliphatic heterocycles. The van der Waals surface area contributed by atoms with Crippen molar-refractivity contribution < 1.29 is 24.3 Å². The number of amides is 1. The van der Waals surface area contributed by atoms with E-state index in [1.807, 2.05) is 60.7 Å². The number of hydrogen-bond donors (Lipinski definition) is 3. The van der Waals surface area contributed by atoms with Gasteiger partial charge in [0.2, 0.25) is 6.29 Å². The highest BCUT2D eigenvalue weighted by molar-refractivity contribution is 5.91. The first-order valence-corrected chi connectivity index (χ1v) is 12.0. The van der Waals surface area contributed by atoms with Crippen LogP contribution in [0.3, 0.4) is 0 Å². The molecule has 3 N–H and O–H groups in total. The first kappa shape index (κ1) is 25.9. The molecule has 0 fully saturated rings. The lowest BCUT2D eigenvalue weighted by molar-refractivity contribution is -0.384.